The summed E-state index contributed by atoms with van der Waals surface area (Å²) in [5.74, 6) is 0.522. The Balaban J connectivity index is 1.22. The average molecular weight is 493 g/mol. The molecule has 1 amide bonds. The number of carbonyl (C=O) groups is 2. The van der Waals surface area contributed by atoms with Crippen LogP contribution in [-0.2, 0) is 4.79 Å². The van der Waals surface area contributed by atoms with Crippen LogP contribution in [0.5, 0.6) is 0 Å². The zero-order valence-electron chi connectivity index (χ0n) is 20.1. The number of piperidine rings is 1. The van der Waals surface area contributed by atoms with E-state index in [9.17, 15) is 14.7 Å². The maximum atomic E-state index is 13.7. The van der Waals surface area contributed by atoms with Crippen LogP contribution in [0.4, 0.5) is 5.82 Å². The average Bonchev–Trinajstić information content (AvgIpc) is 3.40. The third-order valence-corrected chi connectivity index (χ3v) is 10.0. The van der Waals surface area contributed by atoms with Gasteiger partial charge in [0.25, 0.3) is 5.91 Å². The molecule has 4 heterocycles. The highest BCUT2D eigenvalue weighted by atomic mass is 32.2. The van der Waals surface area contributed by atoms with Gasteiger partial charge in [-0.2, -0.15) is 0 Å². The van der Waals surface area contributed by atoms with E-state index in [0.29, 0.717) is 29.8 Å². The lowest BCUT2D eigenvalue weighted by molar-refractivity contribution is -0.139. The molecule has 4 fully saturated rings. The maximum Gasteiger partial charge on any atom is 0.307 e. The fourth-order valence-electron chi connectivity index (χ4n) is 6.56. The normalized spacial score (nSPS) is 30.0. The number of amides is 1. The number of aliphatic carboxylic acids is 1. The van der Waals surface area contributed by atoms with Gasteiger partial charge >= 0.3 is 5.97 Å². The molecule has 8 heteroatoms. The molecule has 2 saturated carbocycles. The lowest BCUT2D eigenvalue weighted by Gasteiger charge is -2.24. The fourth-order valence-corrected chi connectivity index (χ4v) is 7.87. The van der Waals surface area contributed by atoms with Crippen molar-refractivity contribution in [1.29, 1.82) is 0 Å². The summed E-state index contributed by atoms with van der Waals surface area (Å²) in [5.41, 5.74) is 1.73. The van der Waals surface area contributed by atoms with Crippen LogP contribution in [0.3, 0.4) is 0 Å². The fraction of sp³-hybridized carbons (Fsp3) is 0.556. The number of fused-ring (bicyclic) bond motifs is 1. The summed E-state index contributed by atoms with van der Waals surface area (Å²) in [5, 5.41) is 10.8. The van der Waals surface area contributed by atoms with Crippen molar-refractivity contribution in [3.63, 3.8) is 0 Å². The number of carbonyl (C=O) groups excluding carboxylic acids is 1. The Hall–Kier alpha value is -2.61. The van der Waals surface area contributed by atoms with Crippen molar-refractivity contribution < 1.29 is 14.7 Å². The molecule has 4 atom stereocenters. The number of hydrogen-bond acceptors (Lipinski definition) is 6. The second kappa shape index (κ2) is 8.80. The molecule has 0 radical (unpaired) electrons. The predicted octanol–water partition coefficient (Wildman–Crippen LogP) is 4.30. The lowest BCUT2D eigenvalue weighted by atomic mass is 10.0. The molecule has 2 aliphatic carbocycles. The molecule has 35 heavy (non-hydrogen) atoms. The lowest BCUT2D eigenvalue weighted by Crippen LogP contribution is -2.31. The van der Waals surface area contributed by atoms with Gasteiger partial charge in [-0.25, -0.2) is 4.98 Å². The molecular weight excluding hydrogens is 460 g/mol. The molecule has 2 unspecified atom stereocenters. The van der Waals surface area contributed by atoms with E-state index in [1.807, 2.05) is 29.3 Å². The van der Waals surface area contributed by atoms with Crippen LogP contribution in [0.2, 0.25) is 0 Å². The Labute approximate surface area is 210 Å². The summed E-state index contributed by atoms with van der Waals surface area (Å²) in [6, 6.07) is 7.98. The van der Waals surface area contributed by atoms with Gasteiger partial charge in [-0.05, 0) is 48.9 Å². The Morgan fingerprint density at radius 2 is 1.97 bits per heavy atom. The second-order valence-corrected chi connectivity index (χ2v) is 12.2. The van der Waals surface area contributed by atoms with Gasteiger partial charge in [-0.1, -0.05) is 25.8 Å². The van der Waals surface area contributed by atoms with Crippen molar-refractivity contribution in [2.75, 3.05) is 31.1 Å². The van der Waals surface area contributed by atoms with Crippen LogP contribution in [-0.4, -0.2) is 63.3 Å². The molecule has 2 aromatic rings. The smallest absolute Gasteiger partial charge is 0.307 e. The molecule has 7 nitrogen and oxygen atoms in total. The van der Waals surface area contributed by atoms with E-state index in [2.05, 4.69) is 22.9 Å². The number of aromatic nitrogens is 2. The summed E-state index contributed by atoms with van der Waals surface area (Å²) in [6.45, 7) is 4.97. The largest absolute Gasteiger partial charge is 0.481 e. The number of carboxylic acid groups (broad SMARTS) is 1. The first kappa shape index (κ1) is 22.8. The number of thioether (sulfide) groups is 1. The molecule has 6 rings (SSSR count). The van der Waals surface area contributed by atoms with Gasteiger partial charge in [-0.3, -0.25) is 14.6 Å². The van der Waals surface area contributed by atoms with Gasteiger partial charge in [0.15, 0.2) is 0 Å². The number of carboxylic acids is 1. The van der Waals surface area contributed by atoms with Crippen LogP contribution in [0.25, 0.3) is 0 Å². The highest BCUT2D eigenvalue weighted by Crippen LogP contribution is 2.63. The van der Waals surface area contributed by atoms with Crippen LogP contribution >= 0.6 is 11.8 Å². The Morgan fingerprint density at radius 3 is 2.66 bits per heavy atom. The second-order valence-electron chi connectivity index (χ2n) is 10.9. The van der Waals surface area contributed by atoms with E-state index in [4.69, 9.17) is 4.98 Å². The summed E-state index contributed by atoms with van der Waals surface area (Å²) in [6.07, 6.45) is 9.46. The maximum absolute atomic E-state index is 13.7. The van der Waals surface area contributed by atoms with Gasteiger partial charge in [0.1, 0.15) is 10.8 Å². The predicted molar refractivity (Wildman–Crippen MR) is 135 cm³/mol. The van der Waals surface area contributed by atoms with Crippen molar-refractivity contribution in [3.05, 3.63) is 47.8 Å². The summed E-state index contributed by atoms with van der Waals surface area (Å²) in [4.78, 5) is 38.7. The van der Waals surface area contributed by atoms with Crippen molar-refractivity contribution in [1.82, 2.24) is 14.9 Å². The van der Waals surface area contributed by atoms with Crippen molar-refractivity contribution in [2.45, 2.75) is 55.2 Å². The van der Waals surface area contributed by atoms with E-state index in [0.717, 1.165) is 30.4 Å². The molecule has 1 N–H and O–H groups in total. The van der Waals surface area contributed by atoms with E-state index in [1.54, 1.807) is 18.0 Å². The molecule has 2 aliphatic heterocycles. The first-order valence-electron chi connectivity index (χ1n) is 12.8. The highest BCUT2D eigenvalue weighted by molar-refractivity contribution is 7.99. The summed E-state index contributed by atoms with van der Waals surface area (Å²) in [7, 11) is 0. The van der Waals surface area contributed by atoms with Crippen LogP contribution < -0.4 is 4.90 Å². The quantitative estimate of drug-likeness (QED) is 0.643. The van der Waals surface area contributed by atoms with Crippen LogP contribution in [0.15, 0.2) is 41.7 Å². The van der Waals surface area contributed by atoms with Crippen molar-refractivity contribution in [3.8, 4) is 0 Å². The molecular formula is C27H32N4O3S. The zero-order chi connectivity index (χ0) is 24.2. The minimum atomic E-state index is -0.682. The third kappa shape index (κ3) is 4.09. The Bertz CT molecular complexity index is 1140. The number of anilines is 1. The van der Waals surface area contributed by atoms with Gasteiger partial charge in [0, 0.05) is 55.2 Å². The molecule has 2 aromatic heterocycles. The molecule has 0 bridgehead atoms. The van der Waals surface area contributed by atoms with Crippen molar-refractivity contribution in [2.24, 2.45) is 17.3 Å². The highest BCUT2D eigenvalue weighted by Gasteiger charge is 2.69. The molecule has 0 spiro atoms. The van der Waals surface area contributed by atoms with E-state index >= 15 is 0 Å². The molecule has 184 valence electrons. The Kier molecular flexibility index (Phi) is 5.74. The molecule has 4 aliphatic rings. The van der Waals surface area contributed by atoms with E-state index in [-0.39, 0.29) is 23.2 Å². The number of pyridine rings is 2. The van der Waals surface area contributed by atoms with Crippen LogP contribution in [0, 0.1) is 17.3 Å². The molecule has 0 aromatic carbocycles. The zero-order valence-corrected chi connectivity index (χ0v) is 20.9. The summed E-state index contributed by atoms with van der Waals surface area (Å²) >= 11 is 1.76. The molecule has 2 saturated heterocycles. The summed E-state index contributed by atoms with van der Waals surface area (Å²) < 4.78 is 0. The van der Waals surface area contributed by atoms with Crippen LogP contribution in [0.1, 0.15) is 60.9 Å². The van der Waals surface area contributed by atoms with Gasteiger partial charge in [-0.15, -0.1) is 11.8 Å². The first-order chi connectivity index (χ1) is 16.9. The van der Waals surface area contributed by atoms with Gasteiger partial charge in [0.2, 0.25) is 0 Å². The Morgan fingerprint density at radius 1 is 1.14 bits per heavy atom. The number of rotatable bonds is 6. The third-order valence-electron chi connectivity index (χ3n) is 8.68. The number of nitrogens with zero attached hydrogens (tertiary/aromatic N) is 4. The van der Waals surface area contributed by atoms with Gasteiger partial charge < -0.3 is 14.9 Å². The first-order valence-corrected chi connectivity index (χ1v) is 13.7. The van der Waals surface area contributed by atoms with Crippen molar-refractivity contribution >= 4 is 29.5 Å². The minimum Gasteiger partial charge on any atom is -0.481 e. The number of hydrogen-bond donors (Lipinski definition) is 1. The standard InChI is InChI=1S/C27H32N4O3S/c1-27-16-31(15-21(27)23(27)26(33)34)22-9-8-20(24(29-22)35-19-6-2-3-7-19)25(32)30-12-10-18(14-30)17-5-4-11-28-13-17/h4-5,8-9,11,13,18-19,21,23H,2-3,6-7,10,12,14-16H2,1H3,(H,33,34)/t18?,21-,23?,27+/m0/s1. The van der Waals surface area contributed by atoms with E-state index < -0.39 is 5.97 Å². The topological polar surface area (TPSA) is 86.6 Å². The number of likely N-dealkylation sites (tertiary alicyclic amines) is 1. The minimum absolute atomic E-state index is 0.0677. The monoisotopic (exact) mass is 492 g/mol. The SMILES string of the molecule is C[C@@]12CN(c3ccc(C(=O)N4CCC(c5cccnc5)C4)c(SC4CCCC4)n3)C[C@H]1C2C(=O)O. The van der Waals surface area contributed by atoms with E-state index in [1.165, 1.54) is 31.2 Å². The van der Waals surface area contributed by atoms with Gasteiger partial charge in [0.05, 0.1) is 11.5 Å².